The molecule has 1 heterocycles. The minimum Gasteiger partial charge on any atom is -0.477 e. The van der Waals surface area contributed by atoms with Crippen LogP contribution in [-0.4, -0.2) is 11.1 Å². The zero-order chi connectivity index (χ0) is 10.8. The largest absolute Gasteiger partial charge is 0.477 e. The van der Waals surface area contributed by atoms with Crippen molar-refractivity contribution in [3.63, 3.8) is 0 Å². The van der Waals surface area contributed by atoms with Gasteiger partial charge in [-0.25, -0.2) is 4.79 Å². The SMILES string of the molecule is O=C(O)/C(S)=C/c1cc2ccccc2s1. The molecule has 4 heteroatoms. The van der Waals surface area contributed by atoms with Gasteiger partial charge in [0.2, 0.25) is 0 Å². The van der Waals surface area contributed by atoms with Gasteiger partial charge in [-0.05, 0) is 23.6 Å². The number of rotatable bonds is 2. The highest BCUT2D eigenvalue weighted by atomic mass is 32.1. The molecule has 1 aromatic carbocycles. The molecular formula is C11H8O2S2. The molecule has 1 N–H and O–H groups in total. The van der Waals surface area contributed by atoms with Gasteiger partial charge in [-0.15, -0.1) is 24.0 Å². The van der Waals surface area contributed by atoms with E-state index in [-0.39, 0.29) is 4.91 Å². The van der Waals surface area contributed by atoms with Crippen LogP contribution in [0.4, 0.5) is 0 Å². The summed E-state index contributed by atoms with van der Waals surface area (Å²) in [5.41, 5.74) is 0. The summed E-state index contributed by atoms with van der Waals surface area (Å²) in [6.07, 6.45) is 1.57. The van der Waals surface area contributed by atoms with E-state index in [9.17, 15) is 4.79 Å². The summed E-state index contributed by atoms with van der Waals surface area (Å²) in [4.78, 5) is 11.5. The normalized spacial score (nSPS) is 11.9. The lowest BCUT2D eigenvalue weighted by molar-refractivity contribution is -0.131. The van der Waals surface area contributed by atoms with Gasteiger partial charge < -0.3 is 5.11 Å². The monoisotopic (exact) mass is 236 g/mol. The van der Waals surface area contributed by atoms with Gasteiger partial charge in [-0.2, -0.15) is 0 Å². The third-order valence-electron chi connectivity index (χ3n) is 1.94. The molecule has 0 bridgehead atoms. The molecule has 2 nitrogen and oxygen atoms in total. The molecule has 0 saturated heterocycles. The Bertz CT molecular complexity index is 507. The minimum absolute atomic E-state index is 0.0570. The lowest BCUT2D eigenvalue weighted by atomic mass is 10.2. The third-order valence-corrected chi connectivity index (χ3v) is 3.33. The standard InChI is InChI=1S/C11H8O2S2/c12-11(13)9(14)6-8-5-7-3-1-2-4-10(7)15-8/h1-6,14H,(H,12,13)/b9-6-. The van der Waals surface area contributed by atoms with Gasteiger partial charge in [0.05, 0.1) is 4.91 Å². The lowest BCUT2D eigenvalue weighted by Crippen LogP contribution is -1.92. The van der Waals surface area contributed by atoms with Crippen molar-refractivity contribution < 1.29 is 9.90 Å². The highest BCUT2D eigenvalue weighted by molar-refractivity contribution is 7.85. The molecule has 1 aromatic heterocycles. The molecule has 15 heavy (non-hydrogen) atoms. The molecule has 0 aliphatic carbocycles. The van der Waals surface area contributed by atoms with Gasteiger partial charge in [0.15, 0.2) is 0 Å². The van der Waals surface area contributed by atoms with Crippen molar-refractivity contribution in [2.24, 2.45) is 0 Å². The number of carboxylic acids is 1. The van der Waals surface area contributed by atoms with E-state index >= 15 is 0 Å². The quantitative estimate of drug-likeness (QED) is 0.620. The van der Waals surface area contributed by atoms with Crippen molar-refractivity contribution in [2.45, 2.75) is 0 Å². The molecule has 76 valence electrons. The van der Waals surface area contributed by atoms with Crippen LogP contribution in [0.2, 0.25) is 0 Å². The van der Waals surface area contributed by atoms with Crippen LogP contribution in [0.5, 0.6) is 0 Å². The molecular weight excluding hydrogens is 228 g/mol. The Morgan fingerprint density at radius 1 is 1.40 bits per heavy atom. The Kier molecular flexibility index (Phi) is 2.79. The molecule has 0 amide bonds. The van der Waals surface area contributed by atoms with E-state index < -0.39 is 5.97 Å². The van der Waals surface area contributed by atoms with Gasteiger partial charge in [-0.3, -0.25) is 0 Å². The zero-order valence-corrected chi connectivity index (χ0v) is 9.39. The number of aliphatic carboxylic acids is 1. The molecule has 0 fully saturated rings. The van der Waals surface area contributed by atoms with Crippen LogP contribution in [0.15, 0.2) is 35.2 Å². The van der Waals surface area contributed by atoms with Crippen LogP contribution in [0.3, 0.4) is 0 Å². The van der Waals surface area contributed by atoms with Gasteiger partial charge in [0, 0.05) is 9.58 Å². The van der Waals surface area contributed by atoms with Crippen LogP contribution >= 0.6 is 24.0 Å². The minimum atomic E-state index is -1.00. The summed E-state index contributed by atoms with van der Waals surface area (Å²) in [5.74, 6) is -1.00. The fourth-order valence-electron chi connectivity index (χ4n) is 1.27. The topological polar surface area (TPSA) is 37.3 Å². The van der Waals surface area contributed by atoms with Crippen molar-refractivity contribution in [2.75, 3.05) is 0 Å². The fraction of sp³-hybridized carbons (Fsp3) is 0. The van der Waals surface area contributed by atoms with Crippen LogP contribution in [0.1, 0.15) is 4.88 Å². The maximum Gasteiger partial charge on any atom is 0.341 e. The van der Waals surface area contributed by atoms with Crippen LogP contribution in [-0.2, 0) is 4.79 Å². The second-order valence-corrected chi connectivity index (χ2v) is 4.62. The lowest BCUT2D eigenvalue weighted by Gasteiger charge is -1.88. The summed E-state index contributed by atoms with van der Waals surface area (Å²) in [6.45, 7) is 0. The average Bonchev–Trinajstić information content (AvgIpc) is 2.59. The first kappa shape index (κ1) is 10.3. The number of thiophene rings is 1. The molecule has 0 saturated carbocycles. The summed E-state index contributed by atoms with van der Waals surface area (Å²) in [6, 6.07) is 9.89. The Morgan fingerprint density at radius 2 is 2.13 bits per heavy atom. The number of carbonyl (C=O) groups is 1. The van der Waals surface area contributed by atoms with Gasteiger partial charge in [0.1, 0.15) is 0 Å². The molecule has 2 aromatic rings. The van der Waals surface area contributed by atoms with Gasteiger partial charge in [-0.1, -0.05) is 18.2 Å². The molecule has 0 atom stereocenters. The number of thiol groups is 1. The van der Waals surface area contributed by atoms with E-state index in [4.69, 9.17) is 5.11 Å². The van der Waals surface area contributed by atoms with E-state index in [1.165, 1.54) is 0 Å². The van der Waals surface area contributed by atoms with Crippen molar-refractivity contribution in [3.8, 4) is 0 Å². The highest BCUT2D eigenvalue weighted by Gasteiger charge is 2.03. The van der Waals surface area contributed by atoms with E-state index in [1.807, 2.05) is 30.3 Å². The Balaban J connectivity index is 2.46. The van der Waals surface area contributed by atoms with Crippen molar-refractivity contribution in [1.29, 1.82) is 0 Å². The van der Waals surface area contributed by atoms with E-state index in [2.05, 4.69) is 12.6 Å². The van der Waals surface area contributed by atoms with Crippen molar-refractivity contribution in [3.05, 3.63) is 40.1 Å². The van der Waals surface area contributed by atoms with Crippen LogP contribution in [0, 0.1) is 0 Å². The predicted molar refractivity (Wildman–Crippen MR) is 66.4 cm³/mol. The van der Waals surface area contributed by atoms with E-state index in [0.717, 1.165) is 15.0 Å². The second kappa shape index (κ2) is 4.08. The number of hydrogen-bond donors (Lipinski definition) is 2. The first-order valence-corrected chi connectivity index (χ1v) is 5.56. The Labute approximate surface area is 96.3 Å². The second-order valence-electron chi connectivity index (χ2n) is 3.02. The third kappa shape index (κ3) is 2.22. The van der Waals surface area contributed by atoms with E-state index in [1.54, 1.807) is 17.4 Å². The number of benzene rings is 1. The highest BCUT2D eigenvalue weighted by Crippen LogP contribution is 2.27. The molecule has 0 radical (unpaired) electrons. The van der Waals surface area contributed by atoms with Crippen LogP contribution in [0.25, 0.3) is 16.2 Å². The molecule has 0 aliphatic rings. The molecule has 0 spiro atoms. The molecule has 2 rings (SSSR count). The first-order chi connectivity index (χ1) is 7.16. The van der Waals surface area contributed by atoms with Crippen molar-refractivity contribution >= 4 is 46.1 Å². The zero-order valence-electron chi connectivity index (χ0n) is 7.68. The maximum atomic E-state index is 10.6. The summed E-state index contributed by atoms with van der Waals surface area (Å²) in [7, 11) is 0. The van der Waals surface area contributed by atoms with Crippen LogP contribution < -0.4 is 0 Å². The Hall–Kier alpha value is -1.26. The average molecular weight is 236 g/mol. The number of hydrogen-bond acceptors (Lipinski definition) is 3. The number of carboxylic acid groups (broad SMARTS) is 1. The van der Waals surface area contributed by atoms with Gasteiger partial charge in [0.25, 0.3) is 0 Å². The van der Waals surface area contributed by atoms with Crippen molar-refractivity contribution in [1.82, 2.24) is 0 Å². The van der Waals surface area contributed by atoms with Gasteiger partial charge >= 0.3 is 5.97 Å². The predicted octanol–water partition coefficient (Wildman–Crippen LogP) is 3.26. The molecule has 0 unspecified atom stereocenters. The summed E-state index contributed by atoms with van der Waals surface area (Å²) in [5, 5.41) is 9.80. The smallest absolute Gasteiger partial charge is 0.341 e. The van der Waals surface area contributed by atoms with E-state index in [0.29, 0.717) is 0 Å². The summed E-state index contributed by atoms with van der Waals surface area (Å²) < 4.78 is 1.15. The number of fused-ring (bicyclic) bond motifs is 1. The Morgan fingerprint density at radius 3 is 2.80 bits per heavy atom. The first-order valence-electron chi connectivity index (χ1n) is 4.29. The molecule has 0 aliphatic heterocycles. The maximum absolute atomic E-state index is 10.6. The fourth-order valence-corrected chi connectivity index (χ4v) is 2.50. The summed E-state index contributed by atoms with van der Waals surface area (Å²) >= 11 is 5.44.